The van der Waals surface area contributed by atoms with E-state index in [4.69, 9.17) is 26.7 Å². The fourth-order valence-electron chi connectivity index (χ4n) is 5.28. The summed E-state index contributed by atoms with van der Waals surface area (Å²) in [6.07, 6.45) is -2.86. The second-order valence-electron chi connectivity index (χ2n) is 10.8. The number of aromatic nitrogens is 6. The number of thioether (sulfide) groups is 1. The smallest absolute Gasteiger partial charge is 0.351 e. The molecule has 1 unspecified atom stereocenters. The summed E-state index contributed by atoms with van der Waals surface area (Å²) in [5, 5.41) is 50.5. The van der Waals surface area contributed by atoms with Gasteiger partial charge in [-0.1, -0.05) is 0 Å². The van der Waals surface area contributed by atoms with E-state index in [1.54, 1.807) is 0 Å². The quantitative estimate of drug-likeness (QED) is 0.0839. The fraction of sp³-hybridized carbons (Fsp3) is 0.600. The molecule has 3 aromatic heterocycles. The highest BCUT2D eigenvalue weighted by atomic mass is 32.2. The van der Waals surface area contributed by atoms with Crippen molar-refractivity contribution < 1.29 is 39.8 Å². The summed E-state index contributed by atoms with van der Waals surface area (Å²) in [7, 11) is 0. The van der Waals surface area contributed by atoms with Gasteiger partial charge in [-0.15, -0.1) is 11.8 Å². The van der Waals surface area contributed by atoms with Crippen molar-refractivity contribution in [3.63, 3.8) is 0 Å². The van der Waals surface area contributed by atoms with E-state index in [9.17, 15) is 35.1 Å². The molecule has 19 nitrogen and oxygen atoms in total. The Morgan fingerprint density at radius 2 is 1.87 bits per heavy atom. The van der Waals surface area contributed by atoms with Crippen molar-refractivity contribution in [1.82, 2.24) is 34.0 Å². The Morgan fingerprint density at radius 3 is 2.58 bits per heavy atom. The van der Waals surface area contributed by atoms with Gasteiger partial charge < -0.3 is 52.2 Å². The molecule has 2 saturated heterocycles. The lowest BCUT2D eigenvalue weighted by atomic mass is 10.1. The summed E-state index contributed by atoms with van der Waals surface area (Å²) in [6, 6.07) is -1.12. The molecule has 0 aromatic carbocycles. The molecule has 45 heavy (non-hydrogen) atoms. The van der Waals surface area contributed by atoms with Crippen molar-refractivity contribution in [1.29, 1.82) is 0 Å². The van der Waals surface area contributed by atoms with E-state index in [1.807, 2.05) is 4.90 Å². The predicted molar refractivity (Wildman–Crippen MR) is 158 cm³/mol. The van der Waals surface area contributed by atoms with Gasteiger partial charge in [-0.05, 0) is 6.42 Å². The van der Waals surface area contributed by atoms with Gasteiger partial charge in [0.2, 0.25) is 0 Å². The molecular weight excluding hydrogens is 616 g/mol. The molecule has 2 aliphatic heterocycles. The number of aliphatic hydroxyl groups is 4. The van der Waals surface area contributed by atoms with E-state index in [-0.39, 0.29) is 37.6 Å². The van der Waals surface area contributed by atoms with Crippen molar-refractivity contribution in [2.75, 3.05) is 43.5 Å². The molecule has 0 bridgehead atoms. The van der Waals surface area contributed by atoms with Crippen LogP contribution in [0.25, 0.3) is 11.2 Å². The van der Waals surface area contributed by atoms with E-state index in [2.05, 4.69) is 19.9 Å². The minimum atomic E-state index is -1.34. The number of carboxylic acids is 1. The second-order valence-corrected chi connectivity index (χ2v) is 11.9. The maximum absolute atomic E-state index is 12.5. The number of aliphatic carboxylic acids is 1. The normalized spacial score (nSPS) is 27.5. The first-order valence-electron chi connectivity index (χ1n) is 14.1. The fourth-order valence-corrected chi connectivity index (χ4v) is 6.23. The lowest BCUT2D eigenvalue weighted by Gasteiger charge is -2.27. The molecule has 2 aliphatic rings. The van der Waals surface area contributed by atoms with Crippen molar-refractivity contribution in [3.8, 4) is 0 Å². The minimum absolute atomic E-state index is 0.00419. The van der Waals surface area contributed by atoms with Crippen LogP contribution in [-0.2, 0) is 14.3 Å². The topological polar surface area (TPSA) is 296 Å². The van der Waals surface area contributed by atoms with Crippen LogP contribution in [0.1, 0.15) is 25.3 Å². The number of carboxylic acid groups (broad SMARTS) is 1. The Hall–Kier alpha value is -3.47. The molecule has 5 heterocycles. The van der Waals surface area contributed by atoms with Crippen LogP contribution in [0.5, 0.6) is 0 Å². The monoisotopic (exact) mass is 652 g/mol. The van der Waals surface area contributed by atoms with Crippen LogP contribution < -0.4 is 22.9 Å². The Morgan fingerprint density at radius 1 is 1.09 bits per heavy atom. The first kappa shape index (κ1) is 32.9. The highest BCUT2D eigenvalue weighted by molar-refractivity contribution is 7.99. The molecule has 20 heteroatoms. The van der Waals surface area contributed by atoms with Crippen LogP contribution in [0.15, 0.2) is 28.5 Å². The third-order valence-electron chi connectivity index (χ3n) is 7.82. The Balaban J connectivity index is 1.27. The Labute approximate surface area is 259 Å². The van der Waals surface area contributed by atoms with Crippen molar-refractivity contribution in [3.05, 3.63) is 29.3 Å². The van der Waals surface area contributed by atoms with Gasteiger partial charge in [0, 0.05) is 38.0 Å². The summed E-state index contributed by atoms with van der Waals surface area (Å²) < 4.78 is 14.3. The average Bonchev–Trinajstić information content (AvgIpc) is 3.68. The molecule has 0 spiro atoms. The lowest BCUT2D eigenvalue weighted by molar-refractivity contribution is -0.138. The van der Waals surface area contributed by atoms with Gasteiger partial charge >= 0.3 is 11.7 Å². The van der Waals surface area contributed by atoms with Gasteiger partial charge in [-0.3, -0.25) is 18.8 Å². The number of anilines is 2. The van der Waals surface area contributed by atoms with Crippen molar-refractivity contribution in [2.24, 2.45) is 5.73 Å². The molecule has 0 radical (unpaired) electrons. The van der Waals surface area contributed by atoms with Crippen LogP contribution in [0.3, 0.4) is 0 Å². The van der Waals surface area contributed by atoms with Crippen molar-refractivity contribution in [2.45, 2.75) is 66.8 Å². The maximum atomic E-state index is 12.5. The molecular formula is C25H36N10O9S. The molecule has 11 N–H and O–H groups in total. The molecule has 0 saturated carbocycles. The summed E-state index contributed by atoms with van der Waals surface area (Å²) in [5.74, 6) is -0.628. The van der Waals surface area contributed by atoms with Gasteiger partial charge in [0.1, 0.15) is 54.3 Å². The molecule has 3 aromatic rings. The van der Waals surface area contributed by atoms with E-state index < -0.39 is 67.3 Å². The summed E-state index contributed by atoms with van der Waals surface area (Å²) in [6.45, 7) is 0.264. The summed E-state index contributed by atoms with van der Waals surface area (Å²) >= 11 is 1.27. The molecule has 0 aliphatic carbocycles. The number of hydrogen-bond acceptors (Lipinski definition) is 17. The minimum Gasteiger partial charge on any atom is -0.480 e. The largest absolute Gasteiger partial charge is 0.480 e. The summed E-state index contributed by atoms with van der Waals surface area (Å²) in [4.78, 5) is 42.3. The molecule has 0 amide bonds. The predicted octanol–water partition coefficient (Wildman–Crippen LogP) is -3.30. The number of nitrogens with zero attached hydrogens (tertiary/aromatic N) is 7. The standard InChI is InChI=1S/C25H36N10O9S/c26-11(24(40)41)1-2-33(3-4-45-15-7-34(25(42)32-20(15)27)16-5-12(37)14(8-36)43-16)6-13-18(38)19(39)23(44-13)35-10-31-17-21(28)29-9-30-22(17)35/h7,9-14,16,18-19,23,36-39H,1-6,8,26H2,(H,40,41)(H2,27,32,42)(H2,28,29,30)/t11-,12-,13?,14+,16+,18+,19+,23+/m0/s1. The first-order valence-corrected chi connectivity index (χ1v) is 15.1. The molecule has 2 fully saturated rings. The Kier molecular flexibility index (Phi) is 10.2. The maximum Gasteiger partial charge on any atom is 0.351 e. The van der Waals surface area contributed by atoms with Gasteiger partial charge in [0.15, 0.2) is 17.7 Å². The zero-order chi connectivity index (χ0) is 32.4. The van der Waals surface area contributed by atoms with E-state index in [0.717, 1.165) is 0 Å². The zero-order valence-electron chi connectivity index (χ0n) is 23.9. The van der Waals surface area contributed by atoms with E-state index >= 15 is 0 Å². The molecule has 246 valence electrons. The van der Waals surface area contributed by atoms with E-state index in [1.165, 1.54) is 39.7 Å². The van der Waals surface area contributed by atoms with Gasteiger partial charge in [0.25, 0.3) is 0 Å². The van der Waals surface area contributed by atoms with E-state index in [0.29, 0.717) is 28.4 Å². The third kappa shape index (κ3) is 7.03. The third-order valence-corrected chi connectivity index (χ3v) is 8.83. The van der Waals surface area contributed by atoms with Crippen LogP contribution in [0.4, 0.5) is 11.6 Å². The zero-order valence-corrected chi connectivity index (χ0v) is 24.8. The number of rotatable bonds is 13. The number of nitrogen functional groups attached to an aromatic ring is 2. The van der Waals surface area contributed by atoms with Gasteiger partial charge in [0.05, 0.1) is 23.9 Å². The van der Waals surface area contributed by atoms with Crippen LogP contribution in [0.2, 0.25) is 0 Å². The SMILES string of the molecule is Nc1nc(=O)n([C@H]2C[C@H](O)[C@@H](CO)O2)cc1SCCN(CC[C@H](N)C(=O)O)CC1O[C@@H](n2cnc3c(N)ncnc32)[C@H](O)[C@@H]1O. The highest BCUT2D eigenvalue weighted by Gasteiger charge is 2.45. The summed E-state index contributed by atoms with van der Waals surface area (Å²) in [5.41, 5.74) is 17.6. The number of fused-ring (bicyclic) bond motifs is 1. The number of carbonyl (C=O) groups is 1. The molecule has 5 rings (SSSR count). The second kappa shape index (κ2) is 13.9. The first-order chi connectivity index (χ1) is 21.5. The number of nitrogens with two attached hydrogens (primary N) is 3. The van der Waals surface area contributed by atoms with Crippen LogP contribution in [-0.4, -0.2) is 134 Å². The number of hydrogen-bond donors (Lipinski definition) is 8. The Bertz CT molecular complexity index is 1560. The highest BCUT2D eigenvalue weighted by Crippen LogP contribution is 2.33. The van der Waals surface area contributed by atoms with Gasteiger partial charge in [-0.2, -0.15) is 4.98 Å². The van der Waals surface area contributed by atoms with Crippen LogP contribution >= 0.6 is 11.8 Å². The van der Waals surface area contributed by atoms with Crippen molar-refractivity contribution >= 4 is 40.5 Å². The molecule has 8 atom stereocenters. The number of imidazole rings is 1. The lowest BCUT2D eigenvalue weighted by Crippen LogP contribution is -2.43. The van der Waals surface area contributed by atoms with Gasteiger partial charge in [-0.25, -0.2) is 19.7 Å². The number of ether oxygens (including phenoxy) is 2. The average molecular weight is 653 g/mol. The van der Waals surface area contributed by atoms with Crippen LogP contribution in [0, 0.1) is 0 Å². The number of aliphatic hydroxyl groups excluding tert-OH is 4.